The molecule has 2 heterocycles. The van der Waals surface area contributed by atoms with Gasteiger partial charge in [-0.3, -0.25) is 9.48 Å². The van der Waals surface area contributed by atoms with Crippen LogP contribution in [0.2, 0.25) is 0 Å². The van der Waals surface area contributed by atoms with Crippen molar-refractivity contribution >= 4 is 21.6 Å². The largest absolute Gasteiger partial charge is 0.370 e. The standard InChI is InChI=1S/C24H28N4O4S/c1-3-24(29)25-19-9-11-20(12-10-19)33(30,31)28-14-13-23-21(15-28)22(26-27(23)2)17-32-16-18-7-5-4-6-8-18/h4-12H,3,13-17H2,1-2H3,(H,25,29). The zero-order valence-corrected chi connectivity index (χ0v) is 19.6. The Morgan fingerprint density at radius 1 is 1.09 bits per heavy atom. The maximum Gasteiger partial charge on any atom is 0.243 e. The first kappa shape index (κ1) is 23.2. The van der Waals surface area contributed by atoms with E-state index in [-0.39, 0.29) is 17.3 Å². The Labute approximate surface area is 194 Å². The Hall–Kier alpha value is -3.01. The van der Waals surface area contributed by atoms with Gasteiger partial charge in [0, 0.05) is 49.9 Å². The fourth-order valence-electron chi connectivity index (χ4n) is 3.91. The molecule has 174 valence electrons. The molecule has 2 aromatic carbocycles. The minimum absolute atomic E-state index is 0.118. The molecular weight excluding hydrogens is 440 g/mol. The summed E-state index contributed by atoms with van der Waals surface area (Å²) >= 11 is 0. The predicted molar refractivity (Wildman–Crippen MR) is 125 cm³/mol. The van der Waals surface area contributed by atoms with Gasteiger partial charge in [-0.1, -0.05) is 37.3 Å². The van der Waals surface area contributed by atoms with Crippen molar-refractivity contribution in [2.45, 2.75) is 44.4 Å². The molecule has 4 rings (SSSR count). The second-order valence-corrected chi connectivity index (χ2v) is 9.93. The number of hydrogen-bond acceptors (Lipinski definition) is 5. The van der Waals surface area contributed by atoms with Crippen LogP contribution in [-0.2, 0) is 52.8 Å². The van der Waals surface area contributed by atoms with Gasteiger partial charge in [-0.05, 0) is 29.8 Å². The Morgan fingerprint density at radius 2 is 1.82 bits per heavy atom. The fraction of sp³-hybridized carbons (Fsp3) is 0.333. The number of carbonyl (C=O) groups excluding carboxylic acids is 1. The summed E-state index contributed by atoms with van der Waals surface area (Å²) in [4.78, 5) is 11.8. The van der Waals surface area contributed by atoms with Crippen LogP contribution < -0.4 is 5.32 Å². The van der Waals surface area contributed by atoms with Crippen LogP contribution >= 0.6 is 0 Å². The second-order valence-electron chi connectivity index (χ2n) is 7.99. The molecule has 0 aliphatic carbocycles. The molecular formula is C24H28N4O4S. The molecule has 1 aliphatic heterocycles. The van der Waals surface area contributed by atoms with Gasteiger partial charge < -0.3 is 10.1 Å². The van der Waals surface area contributed by atoms with Gasteiger partial charge >= 0.3 is 0 Å². The molecule has 1 amide bonds. The van der Waals surface area contributed by atoms with Crippen molar-refractivity contribution in [2.75, 3.05) is 11.9 Å². The maximum absolute atomic E-state index is 13.3. The number of nitrogens with zero attached hydrogens (tertiary/aromatic N) is 3. The highest BCUT2D eigenvalue weighted by Crippen LogP contribution is 2.28. The molecule has 1 aromatic heterocycles. The van der Waals surface area contributed by atoms with Gasteiger partial charge in [0.25, 0.3) is 0 Å². The van der Waals surface area contributed by atoms with Crippen molar-refractivity contribution in [1.82, 2.24) is 14.1 Å². The molecule has 0 fully saturated rings. The van der Waals surface area contributed by atoms with Crippen molar-refractivity contribution in [3.8, 4) is 0 Å². The first-order valence-electron chi connectivity index (χ1n) is 10.9. The van der Waals surface area contributed by atoms with Gasteiger partial charge in [0.15, 0.2) is 0 Å². The van der Waals surface area contributed by atoms with Crippen LogP contribution in [0, 0.1) is 0 Å². The second kappa shape index (κ2) is 9.86. The van der Waals surface area contributed by atoms with Crippen LogP contribution in [0.25, 0.3) is 0 Å². The van der Waals surface area contributed by atoms with Gasteiger partial charge in [0.05, 0.1) is 23.8 Å². The smallest absolute Gasteiger partial charge is 0.243 e. The lowest BCUT2D eigenvalue weighted by molar-refractivity contribution is -0.115. The van der Waals surface area contributed by atoms with E-state index in [1.165, 1.54) is 16.4 Å². The number of aryl methyl sites for hydroxylation is 1. The molecule has 8 nitrogen and oxygen atoms in total. The molecule has 3 aromatic rings. The van der Waals surface area contributed by atoms with Gasteiger partial charge in [-0.2, -0.15) is 9.40 Å². The van der Waals surface area contributed by atoms with E-state index in [0.29, 0.717) is 38.3 Å². The van der Waals surface area contributed by atoms with Gasteiger partial charge in [0.1, 0.15) is 0 Å². The van der Waals surface area contributed by atoms with Gasteiger partial charge in [-0.15, -0.1) is 0 Å². The number of anilines is 1. The average molecular weight is 469 g/mol. The summed E-state index contributed by atoms with van der Waals surface area (Å²) in [7, 11) is -1.80. The van der Waals surface area contributed by atoms with E-state index in [2.05, 4.69) is 10.4 Å². The minimum atomic E-state index is -3.68. The highest BCUT2D eigenvalue weighted by Gasteiger charge is 2.32. The Kier molecular flexibility index (Phi) is 6.92. The molecule has 0 atom stereocenters. The van der Waals surface area contributed by atoms with Crippen molar-refractivity contribution in [3.63, 3.8) is 0 Å². The molecule has 1 N–H and O–H groups in total. The normalized spacial score (nSPS) is 14.1. The monoisotopic (exact) mass is 468 g/mol. The summed E-state index contributed by atoms with van der Waals surface area (Å²) in [6.07, 6.45) is 0.945. The lowest BCUT2D eigenvalue weighted by Crippen LogP contribution is -2.36. The van der Waals surface area contributed by atoms with E-state index in [9.17, 15) is 13.2 Å². The summed E-state index contributed by atoms with van der Waals surface area (Å²) in [6, 6.07) is 16.2. The summed E-state index contributed by atoms with van der Waals surface area (Å²) in [5.74, 6) is -0.118. The van der Waals surface area contributed by atoms with Crippen LogP contribution in [0.4, 0.5) is 5.69 Å². The molecule has 9 heteroatoms. The van der Waals surface area contributed by atoms with Crippen LogP contribution in [0.1, 0.15) is 35.9 Å². The third-order valence-electron chi connectivity index (χ3n) is 5.74. The number of amides is 1. The van der Waals surface area contributed by atoms with Crippen LogP contribution in [0.5, 0.6) is 0 Å². The molecule has 33 heavy (non-hydrogen) atoms. The zero-order chi connectivity index (χ0) is 23.4. The number of nitrogens with one attached hydrogen (secondary N) is 1. The number of ether oxygens (including phenoxy) is 1. The third-order valence-corrected chi connectivity index (χ3v) is 7.60. The molecule has 0 bridgehead atoms. The van der Waals surface area contributed by atoms with Crippen molar-refractivity contribution in [2.24, 2.45) is 7.05 Å². The van der Waals surface area contributed by atoms with Crippen LogP contribution in [-0.4, -0.2) is 35.0 Å². The molecule has 1 aliphatic rings. The lowest BCUT2D eigenvalue weighted by atomic mass is 10.1. The summed E-state index contributed by atoms with van der Waals surface area (Å²) in [5, 5.41) is 7.32. The Balaban J connectivity index is 1.47. The number of benzene rings is 2. The number of hydrogen-bond donors (Lipinski definition) is 1. The van der Waals surface area contributed by atoms with Crippen molar-refractivity contribution < 1.29 is 17.9 Å². The molecule has 0 saturated carbocycles. The first-order chi connectivity index (χ1) is 15.9. The topological polar surface area (TPSA) is 93.5 Å². The number of fused-ring (bicyclic) bond motifs is 1. The third kappa shape index (κ3) is 5.16. The molecule has 0 unspecified atom stereocenters. The van der Waals surface area contributed by atoms with E-state index < -0.39 is 10.0 Å². The minimum Gasteiger partial charge on any atom is -0.370 e. The summed E-state index contributed by atoms with van der Waals surface area (Å²) < 4.78 is 35.7. The zero-order valence-electron chi connectivity index (χ0n) is 18.8. The van der Waals surface area contributed by atoms with Gasteiger partial charge in [0.2, 0.25) is 15.9 Å². The molecule has 0 saturated heterocycles. The maximum atomic E-state index is 13.3. The highest BCUT2D eigenvalue weighted by molar-refractivity contribution is 7.89. The van der Waals surface area contributed by atoms with Crippen molar-refractivity contribution in [1.29, 1.82) is 0 Å². The number of aromatic nitrogens is 2. The molecule has 0 radical (unpaired) electrons. The highest BCUT2D eigenvalue weighted by atomic mass is 32.2. The van der Waals surface area contributed by atoms with E-state index in [1.54, 1.807) is 19.1 Å². The summed E-state index contributed by atoms with van der Waals surface area (Å²) in [6.45, 7) is 3.18. The quantitative estimate of drug-likeness (QED) is 0.548. The van der Waals surface area contributed by atoms with Crippen LogP contribution in [0.15, 0.2) is 59.5 Å². The van der Waals surface area contributed by atoms with E-state index in [0.717, 1.165) is 22.5 Å². The predicted octanol–water partition coefficient (Wildman–Crippen LogP) is 3.23. The fourth-order valence-corrected chi connectivity index (χ4v) is 5.32. The lowest BCUT2D eigenvalue weighted by Gasteiger charge is -2.27. The average Bonchev–Trinajstić information content (AvgIpc) is 3.15. The molecule has 0 spiro atoms. The van der Waals surface area contributed by atoms with Crippen LogP contribution in [0.3, 0.4) is 0 Å². The van der Waals surface area contributed by atoms with Crippen molar-refractivity contribution in [3.05, 3.63) is 77.1 Å². The first-order valence-corrected chi connectivity index (χ1v) is 12.4. The Morgan fingerprint density at radius 3 is 2.52 bits per heavy atom. The van der Waals surface area contributed by atoms with Gasteiger partial charge in [-0.25, -0.2) is 8.42 Å². The SMILES string of the molecule is CCC(=O)Nc1ccc(S(=O)(=O)N2CCc3c(c(COCc4ccccc4)nn3C)C2)cc1. The summed E-state index contributed by atoms with van der Waals surface area (Å²) in [5.41, 5.74) is 4.36. The van der Waals surface area contributed by atoms with E-state index >= 15 is 0 Å². The van der Waals surface area contributed by atoms with E-state index in [1.807, 2.05) is 42.1 Å². The van der Waals surface area contributed by atoms with E-state index in [4.69, 9.17) is 4.74 Å². The number of rotatable bonds is 8. The number of sulfonamides is 1. The number of carbonyl (C=O) groups is 1. The Bertz CT molecular complexity index is 1220.